The predicted molar refractivity (Wildman–Crippen MR) is 201 cm³/mol. The van der Waals surface area contributed by atoms with Crippen molar-refractivity contribution >= 4 is 86.6 Å². The Labute approximate surface area is 270 Å². The van der Waals surface area contributed by atoms with Gasteiger partial charge in [0.05, 0.1) is 0 Å². The Bertz CT molecular complexity index is 3050. The van der Waals surface area contributed by atoms with Gasteiger partial charge in [-0.05, 0) is 111 Å². The summed E-state index contributed by atoms with van der Waals surface area (Å²) >= 11 is 0. The van der Waals surface area contributed by atoms with Crippen LogP contribution in [-0.4, -0.2) is 0 Å². The zero-order chi connectivity index (χ0) is 30.6. The molecule has 0 radical (unpaired) electrons. The van der Waals surface area contributed by atoms with Gasteiger partial charge in [-0.1, -0.05) is 133 Å². The van der Waals surface area contributed by atoms with Gasteiger partial charge in [0.25, 0.3) is 0 Å². The van der Waals surface area contributed by atoms with Gasteiger partial charge in [0.15, 0.2) is 0 Å². The molecule has 10 aromatic carbocycles. The van der Waals surface area contributed by atoms with Crippen LogP contribution in [0.15, 0.2) is 162 Å². The SMILES string of the molecule is c1ccc(-c2ccc3ccc4c(-c5ccc6c(c5)oc5cc7c8ccccc8c8ccccc8c7cc56)ccc5ccc2c3c54)cc1. The molecule has 0 aliphatic rings. The Morgan fingerprint density at radius 2 is 0.766 bits per heavy atom. The van der Waals surface area contributed by atoms with Gasteiger partial charge in [-0.25, -0.2) is 0 Å². The summed E-state index contributed by atoms with van der Waals surface area (Å²) < 4.78 is 6.67. The Kier molecular flexibility index (Phi) is 4.90. The van der Waals surface area contributed by atoms with Crippen molar-refractivity contribution in [2.24, 2.45) is 0 Å². The minimum absolute atomic E-state index is 0.915. The highest BCUT2D eigenvalue weighted by Gasteiger charge is 2.17. The summed E-state index contributed by atoms with van der Waals surface area (Å²) in [6, 6.07) is 57.8. The molecular weight excluding hydrogens is 569 g/mol. The van der Waals surface area contributed by atoms with E-state index in [0.717, 1.165) is 21.9 Å². The van der Waals surface area contributed by atoms with Crippen LogP contribution in [0.5, 0.6) is 0 Å². The molecule has 47 heavy (non-hydrogen) atoms. The lowest BCUT2D eigenvalue weighted by atomic mass is 9.87. The van der Waals surface area contributed by atoms with Crippen LogP contribution in [-0.2, 0) is 0 Å². The van der Waals surface area contributed by atoms with E-state index in [2.05, 4.69) is 158 Å². The van der Waals surface area contributed by atoms with Crippen molar-refractivity contribution in [1.29, 1.82) is 0 Å². The van der Waals surface area contributed by atoms with E-state index >= 15 is 0 Å². The van der Waals surface area contributed by atoms with Gasteiger partial charge >= 0.3 is 0 Å². The van der Waals surface area contributed by atoms with Gasteiger partial charge in [0, 0.05) is 10.8 Å². The van der Waals surface area contributed by atoms with E-state index in [0.29, 0.717) is 0 Å². The number of fused-ring (bicyclic) bond motifs is 9. The van der Waals surface area contributed by atoms with Crippen molar-refractivity contribution in [3.63, 3.8) is 0 Å². The maximum Gasteiger partial charge on any atom is 0.136 e. The lowest BCUT2D eigenvalue weighted by Crippen LogP contribution is -1.89. The summed E-state index contributed by atoms with van der Waals surface area (Å²) in [5, 5.41) is 17.7. The summed E-state index contributed by atoms with van der Waals surface area (Å²) in [5.74, 6) is 0. The van der Waals surface area contributed by atoms with Crippen molar-refractivity contribution in [2.45, 2.75) is 0 Å². The first-order chi connectivity index (χ1) is 23.3. The second kappa shape index (κ2) is 9.19. The molecule has 1 heterocycles. The molecule has 0 amide bonds. The van der Waals surface area contributed by atoms with E-state index in [-0.39, 0.29) is 0 Å². The number of hydrogen-bond donors (Lipinski definition) is 0. The molecular formula is C46H26O. The third kappa shape index (κ3) is 3.43. The highest BCUT2D eigenvalue weighted by molar-refractivity contribution is 6.29. The van der Waals surface area contributed by atoms with E-state index < -0.39 is 0 Å². The fraction of sp³-hybridized carbons (Fsp3) is 0. The minimum Gasteiger partial charge on any atom is -0.456 e. The maximum atomic E-state index is 6.67. The van der Waals surface area contributed by atoms with Gasteiger partial charge in [0.1, 0.15) is 11.2 Å². The first-order valence-corrected chi connectivity index (χ1v) is 16.3. The van der Waals surface area contributed by atoms with Crippen LogP contribution in [0.3, 0.4) is 0 Å². The Hall–Kier alpha value is -6.18. The molecule has 216 valence electrons. The minimum atomic E-state index is 0.915. The van der Waals surface area contributed by atoms with Gasteiger partial charge in [0.2, 0.25) is 0 Å². The zero-order valence-corrected chi connectivity index (χ0v) is 25.4. The van der Waals surface area contributed by atoms with Gasteiger partial charge in [-0.15, -0.1) is 0 Å². The zero-order valence-electron chi connectivity index (χ0n) is 25.4. The summed E-state index contributed by atoms with van der Waals surface area (Å²) in [5.41, 5.74) is 6.75. The monoisotopic (exact) mass is 594 g/mol. The number of hydrogen-bond acceptors (Lipinski definition) is 1. The van der Waals surface area contributed by atoms with E-state index in [1.54, 1.807) is 0 Å². The van der Waals surface area contributed by atoms with Gasteiger partial charge in [-0.3, -0.25) is 0 Å². The Morgan fingerprint density at radius 3 is 1.40 bits per heavy atom. The van der Waals surface area contributed by atoms with Crippen molar-refractivity contribution in [1.82, 2.24) is 0 Å². The molecule has 0 aliphatic heterocycles. The number of benzene rings is 10. The molecule has 1 nitrogen and oxygen atoms in total. The second-order valence-electron chi connectivity index (χ2n) is 12.8. The average molecular weight is 595 g/mol. The molecule has 0 N–H and O–H groups in total. The molecule has 0 spiro atoms. The van der Waals surface area contributed by atoms with Gasteiger partial charge < -0.3 is 4.42 Å². The fourth-order valence-corrected chi connectivity index (χ4v) is 8.26. The molecule has 0 saturated heterocycles. The molecule has 0 bridgehead atoms. The normalized spacial score (nSPS) is 12.3. The van der Waals surface area contributed by atoms with E-state index in [1.165, 1.54) is 86.9 Å². The highest BCUT2D eigenvalue weighted by atomic mass is 16.3. The first-order valence-electron chi connectivity index (χ1n) is 16.3. The van der Waals surface area contributed by atoms with Crippen LogP contribution in [0.4, 0.5) is 0 Å². The average Bonchev–Trinajstić information content (AvgIpc) is 3.50. The molecule has 0 unspecified atom stereocenters. The van der Waals surface area contributed by atoms with Crippen LogP contribution in [0.25, 0.3) is 109 Å². The summed E-state index contributed by atoms with van der Waals surface area (Å²) in [4.78, 5) is 0. The smallest absolute Gasteiger partial charge is 0.136 e. The molecule has 0 aliphatic carbocycles. The van der Waals surface area contributed by atoms with Crippen molar-refractivity contribution < 1.29 is 4.42 Å². The van der Waals surface area contributed by atoms with Crippen LogP contribution < -0.4 is 0 Å². The highest BCUT2D eigenvalue weighted by Crippen LogP contribution is 2.44. The number of rotatable bonds is 2. The second-order valence-corrected chi connectivity index (χ2v) is 12.8. The standard InChI is InChI=1S/C46H26O/c1-2-8-27(9-3-1)31-19-14-28-17-23-39-32(20-15-29-16-22-38(31)45(28)46(29)39)30-18-21-37-42-25-40-35-12-6-4-10-33(35)34-11-5-7-13-36(34)41(40)26-44(42)47-43(37)24-30/h1-26H. The molecule has 1 heteroatoms. The fourth-order valence-electron chi connectivity index (χ4n) is 8.26. The first kappa shape index (κ1) is 25.1. The third-order valence-corrected chi connectivity index (χ3v) is 10.4. The Morgan fingerprint density at radius 1 is 0.277 bits per heavy atom. The summed E-state index contributed by atoms with van der Waals surface area (Å²) in [6.45, 7) is 0. The van der Waals surface area contributed by atoms with E-state index in [4.69, 9.17) is 4.42 Å². The van der Waals surface area contributed by atoms with Crippen LogP contribution in [0.2, 0.25) is 0 Å². The number of furan rings is 1. The van der Waals surface area contributed by atoms with E-state index in [9.17, 15) is 0 Å². The topological polar surface area (TPSA) is 13.1 Å². The lowest BCUT2D eigenvalue weighted by Gasteiger charge is -2.16. The quantitative estimate of drug-likeness (QED) is 0.182. The maximum absolute atomic E-state index is 6.67. The Balaban J connectivity index is 1.15. The van der Waals surface area contributed by atoms with Crippen molar-refractivity contribution in [3.05, 3.63) is 158 Å². The summed E-state index contributed by atoms with van der Waals surface area (Å²) in [7, 11) is 0. The predicted octanol–water partition coefficient (Wildman–Crippen LogP) is 13.3. The van der Waals surface area contributed by atoms with Crippen molar-refractivity contribution in [2.75, 3.05) is 0 Å². The molecule has 0 saturated carbocycles. The van der Waals surface area contributed by atoms with Crippen molar-refractivity contribution in [3.8, 4) is 22.3 Å². The van der Waals surface area contributed by atoms with Gasteiger partial charge in [-0.2, -0.15) is 0 Å². The molecule has 11 rings (SSSR count). The van der Waals surface area contributed by atoms with Crippen LogP contribution in [0.1, 0.15) is 0 Å². The molecule has 11 aromatic rings. The van der Waals surface area contributed by atoms with Crippen LogP contribution in [0, 0.1) is 0 Å². The lowest BCUT2D eigenvalue weighted by molar-refractivity contribution is 0.669. The molecule has 1 aromatic heterocycles. The van der Waals surface area contributed by atoms with E-state index in [1.807, 2.05) is 0 Å². The molecule has 0 fully saturated rings. The van der Waals surface area contributed by atoms with Crippen LogP contribution >= 0.6 is 0 Å². The third-order valence-electron chi connectivity index (χ3n) is 10.4. The molecule has 0 atom stereocenters. The largest absolute Gasteiger partial charge is 0.456 e. The summed E-state index contributed by atoms with van der Waals surface area (Å²) in [6.07, 6.45) is 0.